The van der Waals surface area contributed by atoms with Crippen molar-refractivity contribution in [3.63, 3.8) is 0 Å². The Kier molecular flexibility index (Phi) is 5.71. The van der Waals surface area contributed by atoms with Crippen LogP contribution in [0.2, 0.25) is 0 Å². The lowest BCUT2D eigenvalue weighted by molar-refractivity contribution is -0.126. The van der Waals surface area contributed by atoms with Gasteiger partial charge in [0.2, 0.25) is 0 Å². The van der Waals surface area contributed by atoms with Crippen molar-refractivity contribution < 1.29 is 14.3 Å². The van der Waals surface area contributed by atoms with E-state index in [0.29, 0.717) is 30.3 Å². The molecule has 1 aromatic carbocycles. The SMILES string of the molecule is Cc1cc(C(=O)NC2CCCC2)ccc1NC(=O)[C@@H]1CC[C@H](CN)O1. The van der Waals surface area contributed by atoms with E-state index < -0.39 is 6.10 Å². The van der Waals surface area contributed by atoms with E-state index in [-0.39, 0.29) is 17.9 Å². The van der Waals surface area contributed by atoms with Gasteiger partial charge < -0.3 is 21.1 Å². The lowest BCUT2D eigenvalue weighted by Gasteiger charge is -2.15. The average Bonchev–Trinajstić information content (AvgIpc) is 3.27. The highest BCUT2D eigenvalue weighted by Crippen LogP contribution is 2.23. The largest absolute Gasteiger partial charge is 0.364 e. The molecule has 1 saturated heterocycles. The van der Waals surface area contributed by atoms with Gasteiger partial charge >= 0.3 is 0 Å². The van der Waals surface area contributed by atoms with Crippen LogP contribution >= 0.6 is 0 Å². The summed E-state index contributed by atoms with van der Waals surface area (Å²) in [6.07, 6.45) is 5.51. The number of nitrogens with one attached hydrogen (secondary N) is 2. The molecule has 25 heavy (non-hydrogen) atoms. The molecule has 2 aliphatic rings. The van der Waals surface area contributed by atoms with Crippen LogP contribution in [0.4, 0.5) is 5.69 Å². The fourth-order valence-electron chi connectivity index (χ4n) is 3.57. The van der Waals surface area contributed by atoms with Crippen LogP contribution in [0.25, 0.3) is 0 Å². The predicted octanol–water partition coefficient (Wildman–Crippen LogP) is 2.11. The van der Waals surface area contributed by atoms with Gasteiger partial charge in [-0.05, 0) is 56.4 Å². The molecule has 1 saturated carbocycles. The number of amides is 2. The summed E-state index contributed by atoms with van der Waals surface area (Å²) in [6, 6.07) is 5.65. The van der Waals surface area contributed by atoms with E-state index in [4.69, 9.17) is 10.5 Å². The molecule has 0 radical (unpaired) electrons. The zero-order valence-corrected chi connectivity index (χ0v) is 14.7. The number of nitrogens with two attached hydrogens (primary N) is 1. The van der Waals surface area contributed by atoms with Gasteiger partial charge in [-0.25, -0.2) is 0 Å². The smallest absolute Gasteiger partial charge is 0.253 e. The number of hydrogen-bond donors (Lipinski definition) is 3. The van der Waals surface area contributed by atoms with Gasteiger partial charge in [-0.2, -0.15) is 0 Å². The molecule has 2 atom stereocenters. The second-order valence-corrected chi connectivity index (χ2v) is 7.03. The lowest BCUT2D eigenvalue weighted by Crippen LogP contribution is -2.32. The number of hydrogen-bond acceptors (Lipinski definition) is 4. The van der Waals surface area contributed by atoms with Crippen LogP contribution in [0, 0.1) is 6.92 Å². The van der Waals surface area contributed by atoms with Crippen molar-refractivity contribution in [3.05, 3.63) is 29.3 Å². The molecule has 0 bridgehead atoms. The van der Waals surface area contributed by atoms with Crippen molar-refractivity contribution in [2.24, 2.45) is 5.73 Å². The first-order valence-electron chi connectivity index (χ1n) is 9.14. The Morgan fingerprint density at radius 3 is 2.60 bits per heavy atom. The Morgan fingerprint density at radius 2 is 1.96 bits per heavy atom. The molecule has 1 aliphatic heterocycles. The maximum absolute atomic E-state index is 12.3. The molecule has 4 N–H and O–H groups in total. The highest BCUT2D eigenvalue weighted by atomic mass is 16.5. The number of aryl methyl sites for hydroxylation is 1. The highest BCUT2D eigenvalue weighted by molar-refractivity contribution is 5.97. The van der Waals surface area contributed by atoms with Crippen molar-refractivity contribution >= 4 is 17.5 Å². The van der Waals surface area contributed by atoms with Crippen LogP contribution in [-0.4, -0.2) is 36.6 Å². The highest BCUT2D eigenvalue weighted by Gasteiger charge is 2.30. The number of carbonyl (C=O) groups is 2. The second-order valence-electron chi connectivity index (χ2n) is 7.03. The summed E-state index contributed by atoms with van der Waals surface area (Å²) >= 11 is 0. The van der Waals surface area contributed by atoms with Crippen molar-refractivity contribution in [1.82, 2.24) is 5.32 Å². The normalized spacial score (nSPS) is 23.6. The topological polar surface area (TPSA) is 93.5 Å². The van der Waals surface area contributed by atoms with Crippen molar-refractivity contribution in [1.29, 1.82) is 0 Å². The van der Waals surface area contributed by atoms with Crippen LogP contribution in [0.3, 0.4) is 0 Å². The number of benzene rings is 1. The van der Waals surface area contributed by atoms with E-state index in [2.05, 4.69) is 10.6 Å². The third-order valence-corrected chi connectivity index (χ3v) is 5.10. The molecule has 0 spiro atoms. The minimum Gasteiger partial charge on any atom is -0.364 e. The Morgan fingerprint density at radius 1 is 1.20 bits per heavy atom. The molecule has 1 aromatic rings. The predicted molar refractivity (Wildman–Crippen MR) is 96.5 cm³/mol. The van der Waals surface area contributed by atoms with E-state index in [0.717, 1.165) is 24.8 Å². The van der Waals surface area contributed by atoms with Crippen LogP contribution in [0.15, 0.2) is 18.2 Å². The average molecular weight is 345 g/mol. The third kappa shape index (κ3) is 4.38. The third-order valence-electron chi connectivity index (χ3n) is 5.10. The summed E-state index contributed by atoms with van der Waals surface area (Å²) in [7, 11) is 0. The van der Waals surface area contributed by atoms with Gasteiger partial charge in [0, 0.05) is 23.8 Å². The monoisotopic (exact) mass is 345 g/mol. The minimum absolute atomic E-state index is 0.0292. The van der Waals surface area contributed by atoms with E-state index in [1.807, 2.05) is 13.0 Å². The molecule has 1 aliphatic carbocycles. The second kappa shape index (κ2) is 7.97. The molecule has 3 rings (SSSR count). The molecule has 0 unspecified atom stereocenters. The summed E-state index contributed by atoms with van der Waals surface area (Å²) in [5, 5.41) is 5.98. The first kappa shape index (κ1) is 17.9. The van der Waals surface area contributed by atoms with Gasteiger partial charge in [0.25, 0.3) is 11.8 Å². The van der Waals surface area contributed by atoms with Gasteiger partial charge in [0.15, 0.2) is 0 Å². The van der Waals surface area contributed by atoms with E-state index >= 15 is 0 Å². The first-order chi connectivity index (χ1) is 12.1. The molecular weight excluding hydrogens is 318 g/mol. The first-order valence-corrected chi connectivity index (χ1v) is 9.14. The molecule has 6 heteroatoms. The fraction of sp³-hybridized carbons (Fsp3) is 0.579. The van der Waals surface area contributed by atoms with Gasteiger partial charge in [-0.1, -0.05) is 12.8 Å². The molecule has 136 valence electrons. The van der Waals surface area contributed by atoms with Crippen LogP contribution < -0.4 is 16.4 Å². The molecule has 2 amide bonds. The Balaban J connectivity index is 1.59. The zero-order chi connectivity index (χ0) is 17.8. The van der Waals surface area contributed by atoms with Gasteiger partial charge in [-0.15, -0.1) is 0 Å². The summed E-state index contributed by atoms with van der Waals surface area (Å²) in [5.74, 6) is -0.194. The van der Waals surface area contributed by atoms with Crippen LogP contribution in [-0.2, 0) is 9.53 Å². The van der Waals surface area contributed by atoms with Crippen molar-refractivity contribution in [2.45, 2.75) is 63.7 Å². The van der Waals surface area contributed by atoms with E-state index in [1.165, 1.54) is 12.8 Å². The minimum atomic E-state index is -0.446. The van der Waals surface area contributed by atoms with Crippen LogP contribution in [0.5, 0.6) is 0 Å². The number of anilines is 1. The van der Waals surface area contributed by atoms with E-state index in [9.17, 15) is 9.59 Å². The van der Waals surface area contributed by atoms with Crippen LogP contribution in [0.1, 0.15) is 54.4 Å². The van der Waals surface area contributed by atoms with Crippen molar-refractivity contribution in [3.8, 4) is 0 Å². The summed E-state index contributed by atoms with van der Waals surface area (Å²) in [4.78, 5) is 24.7. The number of rotatable bonds is 5. The molecular formula is C19H27N3O3. The summed E-state index contributed by atoms with van der Waals surface area (Å²) in [5.41, 5.74) is 7.78. The maximum Gasteiger partial charge on any atom is 0.253 e. The fourth-order valence-corrected chi connectivity index (χ4v) is 3.57. The Labute approximate surface area is 148 Å². The molecule has 1 heterocycles. The zero-order valence-electron chi connectivity index (χ0n) is 14.7. The van der Waals surface area contributed by atoms with Gasteiger partial charge in [0.1, 0.15) is 6.10 Å². The lowest BCUT2D eigenvalue weighted by atomic mass is 10.1. The maximum atomic E-state index is 12.3. The summed E-state index contributed by atoms with van der Waals surface area (Å²) in [6.45, 7) is 2.33. The van der Waals surface area contributed by atoms with E-state index in [1.54, 1.807) is 12.1 Å². The standard InChI is InChI=1S/C19H27N3O3/c1-12-10-13(18(23)21-14-4-2-3-5-14)6-8-16(12)22-19(24)17-9-7-15(11-20)25-17/h6,8,10,14-15,17H,2-5,7,9,11,20H2,1H3,(H,21,23)(H,22,24)/t15-,17+/m1/s1. The molecule has 6 nitrogen and oxygen atoms in total. The number of ether oxygens (including phenoxy) is 1. The molecule has 2 fully saturated rings. The van der Waals surface area contributed by atoms with Crippen molar-refractivity contribution in [2.75, 3.05) is 11.9 Å². The number of carbonyl (C=O) groups excluding carboxylic acids is 2. The quantitative estimate of drug-likeness (QED) is 0.762. The summed E-state index contributed by atoms with van der Waals surface area (Å²) < 4.78 is 5.62. The Hall–Kier alpha value is -1.92. The Bertz CT molecular complexity index is 641. The van der Waals surface area contributed by atoms with Gasteiger partial charge in [-0.3, -0.25) is 9.59 Å². The molecule has 0 aromatic heterocycles. The van der Waals surface area contributed by atoms with Gasteiger partial charge in [0.05, 0.1) is 6.10 Å².